The maximum Gasteiger partial charge on any atom is 0.243 e. The first-order valence-electron chi connectivity index (χ1n) is 7.79. The van der Waals surface area contributed by atoms with Crippen LogP contribution in [0.25, 0.3) is 0 Å². The lowest BCUT2D eigenvalue weighted by atomic mass is 9.85. The summed E-state index contributed by atoms with van der Waals surface area (Å²) in [5.74, 6) is -1.42. The number of likely N-dealkylation sites (tertiary alicyclic amines) is 1. The normalized spacial score (nSPS) is 24.5. The zero-order valence-corrected chi connectivity index (χ0v) is 12.9. The smallest absolute Gasteiger partial charge is 0.243 e. The first kappa shape index (κ1) is 15.4. The number of imide groups is 1. The summed E-state index contributed by atoms with van der Waals surface area (Å²) in [7, 11) is 0. The van der Waals surface area contributed by atoms with Crippen LogP contribution in [0.4, 0.5) is 0 Å². The SMILES string of the molecule is C[C@H](C(=O)NCc1ccccn1)N1C(=O)[C@H]2CC=CC[C@H]2C1=O. The molecular weight excluding hydrogens is 294 g/mol. The molecule has 23 heavy (non-hydrogen) atoms. The molecule has 120 valence electrons. The number of rotatable bonds is 4. The van der Waals surface area contributed by atoms with Crippen LogP contribution in [0.1, 0.15) is 25.5 Å². The van der Waals surface area contributed by atoms with E-state index in [2.05, 4.69) is 10.3 Å². The van der Waals surface area contributed by atoms with Crippen molar-refractivity contribution in [1.82, 2.24) is 15.2 Å². The van der Waals surface area contributed by atoms with E-state index in [1.54, 1.807) is 25.3 Å². The maximum absolute atomic E-state index is 12.4. The van der Waals surface area contributed by atoms with Crippen LogP contribution in [-0.4, -0.2) is 33.6 Å². The Morgan fingerprint density at radius 1 is 1.26 bits per heavy atom. The highest BCUT2D eigenvalue weighted by Gasteiger charge is 2.49. The summed E-state index contributed by atoms with van der Waals surface area (Å²) in [6.45, 7) is 1.86. The average Bonchev–Trinajstić information content (AvgIpc) is 2.84. The third-order valence-corrected chi connectivity index (χ3v) is 4.48. The number of hydrogen-bond donors (Lipinski definition) is 1. The number of allylic oxidation sites excluding steroid dienone is 2. The summed E-state index contributed by atoms with van der Waals surface area (Å²) in [5, 5.41) is 2.73. The number of fused-ring (bicyclic) bond motifs is 1. The minimum Gasteiger partial charge on any atom is -0.349 e. The van der Waals surface area contributed by atoms with Gasteiger partial charge in [-0.2, -0.15) is 0 Å². The van der Waals surface area contributed by atoms with E-state index in [-0.39, 0.29) is 36.1 Å². The van der Waals surface area contributed by atoms with Crippen molar-refractivity contribution in [3.05, 3.63) is 42.2 Å². The topological polar surface area (TPSA) is 79.4 Å². The lowest BCUT2D eigenvalue weighted by Gasteiger charge is -2.22. The van der Waals surface area contributed by atoms with Crippen molar-refractivity contribution in [2.45, 2.75) is 32.4 Å². The lowest BCUT2D eigenvalue weighted by molar-refractivity contribution is -0.147. The maximum atomic E-state index is 12.4. The summed E-state index contributed by atoms with van der Waals surface area (Å²) in [6, 6.07) is 4.63. The van der Waals surface area contributed by atoms with Crippen LogP contribution in [0.3, 0.4) is 0 Å². The van der Waals surface area contributed by atoms with Gasteiger partial charge in [-0.1, -0.05) is 18.2 Å². The van der Waals surface area contributed by atoms with Crippen LogP contribution >= 0.6 is 0 Å². The Kier molecular flexibility index (Phi) is 4.23. The second-order valence-electron chi connectivity index (χ2n) is 5.92. The van der Waals surface area contributed by atoms with Crippen molar-refractivity contribution >= 4 is 17.7 Å². The van der Waals surface area contributed by atoms with E-state index in [9.17, 15) is 14.4 Å². The van der Waals surface area contributed by atoms with E-state index in [0.29, 0.717) is 12.8 Å². The largest absolute Gasteiger partial charge is 0.349 e. The summed E-state index contributed by atoms with van der Waals surface area (Å²) in [5.41, 5.74) is 0.727. The van der Waals surface area contributed by atoms with Crippen LogP contribution in [0.15, 0.2) is 36.5 Å². The minimum atomic E-state index is -0.802. The quantitative estimate of drug-likeness (QED) is 0.665. The Hall–Kier alpha value is -2.50. The van der Waals surface area contributed by atoms with Crippen molar-refractivity contribution in [2.24, 2.45) is 11.8 Å². The molecule has 1 fully saturated rings. The van der Waals surface area contributed by atoms with Crippen molar-refractivity contribution in [1.29, 1.82) is 0 Å². The first-order chi connectivity index (χ1) is 11.1. The van der Waals surface area contributed by atoms with Gasteiger partial charge in [-0.3, -0.25) is 24.3 Å². The number of nitrogens with one attached hydrogen (secondary N) is 1. The summed E-state index contributed by atoms with van der Waals surface area (Å²) in [6.07, 6.45) is 6.67. The Labute approximate surface area is 134 Å². The summed E-state index contributed by atoms with van der Waals surface area (Å²) < 4.78 is 0. The van der Waals surface area contributed by atoms with E-state index in [1.807, 2.05) is 18.2 Å². The van der Waals surface area contributed by atoms with Gasteiger partial charge in [0.15, 0.2) is 0 Å². The molecule has 0 radical (unpaired) electrons. The Balaban J connectivity index is 1.65. The molecule has 0 spiro atoms. The van der Waals surface area contributed by atoms with Crippen LogP contribution < -0.4 is 5.32 Å². The second kappa shape index (κ2) is 6.32. The molecule has 1 saturated heterocycles. The van der Waals surface area contributed by atoms with Gasteiger partial charge in [-0.25, -0.2) is 0 Å². The third-order valence-electron chi connectivity index (χ3n) is 4.48. The zero-order chi connectivity index (χ0) is 16.4. The Morgan fingerprint density at radius 3 is 2.48 bits per heavy atom. The van der Waals surface area contributed by atoms with E-state index in [1.165, 1.54) is 0 Å². The van der Waals surface area contributed by atoms with Gasteiger partial charge >= 0.3 is 0 Å². The summed E-state index contributed by atoms with van der Waals surface area (Å²) in [4.78, 5) is 42.5. The predicted molar refractivity (Wildman–Crippen MR) is 82.8 cm³/mol. The molecule has 0 unspecified atom stereocenters. The van der Waals surface area contributed by atoms with E-state index >= 15 is 0 Å². The molecule has 3 amide bonds. The van der Waals surface area contributed by atoms with Gasteiger partial charge in [0.05, 0.1) is 24.1 Å². The van der Waals surface area contributed by atoms with E-state index in [4.69, 9.17) is 0 Å². The summed E-state index contributed by atoms with van der Waals surface area (Å²) >= 11 is 0. The van der Waals surface area contributed by atoms with Crippen molar-refractivity contribution < 1.29 is 14.4 Å². The number of carbonyl (C=O) groups excluding carboxylic acids is 3. The van der Waals surface area contributed by atoms with E-state index < -0.39 is 6.04 Å². The fourth-order valence-electron chi connectivity index (χ4n) is 3.15. The average molecular weight is 313 g/mol. The molecule has 1 aromatic rings. The molecule has 0 bridgehead atoms. The number of hydrogen-bond acceptors (Lipinski definition) is 4. The fraction of sp³-hybridized carbons (Fsp3) is 0.412. The minimum absolute atomic E-state index is 0.232. The molecule has 6 heteroatoms. The number of carbonyl (C=O) groups is 3. The Bertz CT molecular complexity index is 630. The molecule has 1 aliphatic carbocycles. The molecule has 1 aromatic heterocycles. The molecule has 1 aliphatic heterocycles. The van der Waals surface area contributed by atoms with Gasteiger partial charge < -0.3 is 5.32 Å². The molecule has 3 atom stereocenters. The van der Waals surface area contributed by atoms with Gasteiger partial charge in [0.25, 0.3) is 0 Å². The first-order valence-corrected chi connectivity index (χ1v) is 7.79. The van der Waals surface area contributed by atoms with Crippen LogP contribution in [0.2, 0.25) is 0 Å². The molecule has 2 heterocycles. The molecule has 0 aromatic carbocycles. The molecule has 3 rings (SSSR count). The highest BCUT2D eigenvalue weighted by molar-refractivity contribution is 6.08. The standard InChI is InChI=1S/C17H19N3O3/c1-11(15(21)19-10-12-6-4-5-9-18-12)20-16(22)13-7-2-3-8-14(13)17(20)23/h2-6,9,11,13-14H,7-8,10H2,1H3,(H,19,21)/t11-,13-,14+/m1/s1. The molecule has 2 aliphatic rings. The van der Waals surface area contributed by atoms with Crippen LogP contribution in [-0.2, 0) is 20.9 Å². The monoisotopic (exact) mass is 313 g/mol. The van der Waals surface area contributed by atoms with Gasteiger partial charge in [0.1, 0.15) is 6.04 Å². The third kappa shape index (κ3) is 2.88. The lowest BCUT2D eigenvalue weighted by Crippen LogP contribution is -2.48. The zero-order valence-electron chi connectivity index (χ0n) is 12.9. The second-order valence-corrected chi connectivity index (χ2v) is 5.92. The highest BCUT2D eigenvalue weighted by atomic mass is 16.2. The number of pyridine rings is 1. The molecular formula is C17H19N3O3. The van der Waals surface area contributed by atoms with Gasteiger partial charge in [-0.15, -0.1) is 0 Å². The van der Waals surface area contributed by atoms with Crippen molar-refractivity contribution in [3.63, 3.8) is 0 Å². The van der Waals surface area contributed by atoms with E-state index in [0.717, 1.165) is 10.6 Å². The van der Waals surface area contributed by atoms with Crippen LogP contribution in [0.5, 0.6) is 0 Å². The van der Waals surface area contributed by atoms with Gasteiger partial charge in [0, 0.05) is 6.20 Å². The highest BCUT2D eigenvalue weighted by Crippen LogP contribution is 2.36. The number of aromatic nitrogens is 1. The fourth-order valence-corrected chi connectivity index (χ4v) is 3.15. The van der Waals surface area contributed by atoms with Crippen molar-refractivity contribution in [3.8, 4) is 0 Å². The predicted octanol–water partition coefficient (Wildman–Crippen LogP) is 1.04. The number of nitrogens with zero attached hydrogens (tertiary/aromatic N) is 2. The number of amides is 3. The molecule has 0 saturated carbocycles. The van der Waals surface area contributed by atoms with Gasteiger partial charge in [-0.05, 0) is 31.9 Å². The van der Waals surface area contributed by atoms with Gasteiger partial charge in [0.2, 0.25) is 17.7 Å². The molecule has 6 nitrogen and oxygen atoms in total. The molecule has 1 N–H and O–H groups in total. The Morgan fingerprint density at radius 2 is 1.91 bits per heavy atom. The van der Waals surface area contributed by atoms with Crippen molar-refractivity contribution in [2.75, 3.05) is 0 Å². The van der Waals surface area contributed by atoms with Crippen LogP contribution in [0, 0.1) is 11.8 Å².